The van der Waals surface area contributed by atoms with Crippen molar-refractivity contribution in [3.63, 3.8) is 0 Å². The van der Waals surface area contributed by atoms with Crippen LogP contribution in [0.3, 0.4) is 0 Å². The fourth-order valence-corrected chi connectivity index (χ4v) is 1.78. The summed E-state index contributed by atoms with van der Waals surface area (Å²) in [6.07, 6.45) is -4.83. The lowest BCUT2D eigenvalue weighted by molar-refractivity contribution is -0.138. The number of carboxylic acids is 1. The quantitative estimate of drug-likeness (QED) is 0.866. The first kappa shape index (κ1) is 12.5. The van der Waals surface area contributed by atoms with Crippen molar-refractivity contribution in [3.05, 3.63) is 33.3 Å². The van der Waals surface area contributed by atoms with Crippen molar-refractivity contribution in [3.8, 4) is 6.07 Å². The van der Waals surface area contributed by atoms with E-state index in [0.29, 0.717) is 0 Å². The van der Waals surface area contributed by atoms with Crippen LogP contribution in [0.5, 0.6) is 0 Å². The second kappa shape index (κ2) is 4.14. The number of rotatable bonds is 1. The summed E-state index contributed by atoms with van der Waals surface area (Å²) >= 11 is 2.59. The lowest BCUT2D eigenvalue weighted by Gasteiger charge is -2.12. The van der Waals surface area contributed by atoms with Crippen molar-refractivity contribution >= 4 is 21.9 Å². The molecule has 1 aromatic carbocycles. The first-order valence-electron chi connectivity index (χ1n) is 3.82. The summed E-state index contributed by atoms with van der Waals surface area (Å²) < 4.78 is 37.2. The van der Waals surface area contributed by atoms with Crippen molar-refractivity contribution in [1.82, 2.24) is 0 Å². The molecule has 0 saturated carbocycles. The zero-order valence-electron chi connectivity index (χ0n) is 7.47. The molecule has 0 aromatic heterocycles. The van der Waals surface area contributed by atoms with Gasteiger partial charge in [0.15, 0.2) is 0 Å². The lowest BCUT2D eigenvalue weighted by atomic mass is 10.0. The van der Waals surface area contributed by atoms with Crippen molar-refractivity contribution in [2.75, 3.05) is 0 Å². The number of benzene rings is 1. The van der Waals surface area contributed by atoms with Gasteiger partial charge >= 0.3 is 12.1 Å². The molecule has 0 aliphatic carbocycles. The fourth-order valence-electron chi connectivity index (χ4n) is 1.12. The summed E-state index contributed by atoms with van der Waals surface area (Å²) in [5.74, 6) is -1.70. The molecule has 16 heavy (non-hydrogen) atoms. The highest BCUT2D eigenvalue weighted by Gasteiger charge is 2.38. The molecular formula is C9H3BrF3NO2. The average molecular weight is 294 g/mol. The third-order valence-electron chi connectivity index (χ3n) is 1.78. The van der Waals surface area contributed by atoms with Crippen LogP contribution in [-0.2, 0) is 6.18 Å². The van der Waals surface area contributed by atoms with Crippen LogP contribution < -0.4 is 0 Å². The van der Waals surface area contributed by atoms with Crippen LogP contribution >= 0.6 is 15.9 Å². The maximum absolute atomic E-state index is 12.6. The minimum absolute atomic E-state index is 0.266. The molecule has 1 N–H and O–H groups in total. The summed E-state index contributed by atoms with van der Waals surface area (Å²) in [6, 6.07) is 3.31. The number of halogens is 4. The van der Waals surface area contributed by atoms with E-state index in [1.807, 2.05) is 0 Å². The van der Waals surface area contributed by atoms with E-state index < -0.39 is 27.7 Å². The number of aromatic carboxylic acids is 1. The van der Waals surface area contributed by atoms with Crippen LogP contribution in [0.15, 0.2) is 16.6 Å². The summed E-state index contributed by atoms with van der Waals surface area (Å²) in [5.41, 5.74) is -2.50. The Bertz CT molecular complexity index is 491. The predicted molar refractivity (Wildman–Crippen MR) is 50.8 cm³/mol. The normalized spacial score (nSPS) is 10.9. The highest BCUT2D eigenvalue weighted by Crippen LogP contribution is 2.38. The first-order chi connectivity index (χ1) is 7.29. The first-order valence-corrected chi connectivity index (χ1v) is 4.61. The molecule has 0 unspecified atom stereocenters. The van der Waals surface area contributed by atoms with Crippen LogP contribution in [0.2, 0.25) is 0 Å². The van der Waals surface area contributed by atoms with Gasteiger partial charge in [0.1, 0.15) is 6.07 Å². The zero-order valence-corrected chi connectivity index (χ0v) is 9.06. The molecular weight excluding hydrogens is 291 g/mol. The van der Waals surface area contributed by atoms with Crippen molar-refractivity contribution < 1.29 is 23.1 Å². The molecule has 0 amide bonds. The molecule has 0 spiro atoms. The predicted octanol–water partition coefficient (Wildman–Crippen LogP) is 3.04. The Kier molecular flexibility index (Phi) is 3.24. The smallest absolute Gasteiger partial charge is 0.418 e. The van der Waals surface area contributed by atoms with Crippen molar-refractivity contribution in [2.24, 2.45) is 0 Å². The molecule has 7 heteroatoms. The second-order valence-electron chi connectivity index (χ2n) is 2.76. The standard InChI is InChI=1S/C9H3BrF3NO2/c10-7-4(3-14)1-2-5(8(15)16)6(7)9(11,12)13/h1-2H,(H,15,16). The van der Waals surface area contributed by atoms with Crippen LogP contribution in [0.25, 0.3) is 0 Å². The Morgan fingerprint density at radius 3 is 2.38 bits per heavy atom. The van der Waals surface area contributed by atoms with Gasteiger partial charge in [-0.05, 0) is 28.1 Å². The molecule has 1 aromatic rings. The number of hydrogen-bond donors (Lipinski definition) is 1. The van der Waals surface area contributed by atoms with Crippen LogP contribution in [0.4, 0.5) is 13.2 Å². The molecule has 0 aliphatic rings. The minimum Gasteiger partial charge on any atom is -0.478 e. The van der Waals surface area contributed by atoms with Gasteiger partial charge < -0.3 is 5.11 Å². The van der Waals surface area contributed by atoms with Gasteiger partial charge in [-0.1, -0.05) is 0 Å². The summed E-state index contributed by atoms with van der Waals surface area (Å²) in [4.78, 5) is 10.6. The summed E-state index contributed by atoms with van der Waals surface area (Å²) in [7, 11) is 0. The van der Waals surface area contributed by atoms with E-state index >= 15 is 0 Å². The average Bonchev–Trinajstić information content (AvgIpc) is 2.14. The zero-order chi connectivity index (χ0) is 12.5. The second-order valence-corrected chi connectivity index (χ2v) is 3.56. The van der Waals surface area contributed by atoms with Crippen molar-refractivity contribution in [1.29, 1.82) is 5.26 Å². The van der Waals surface area contributed by atoms with E-state index in [1.54, 1.807) is 0 Å². The van der Waals surface area contributed by atoms with Gasteiger partial charge in [0, 0.05) is 4.47 Å². The Balaban J connectivity index is 3.64. The SMILES string of the molecule is N#Cc1ccc(C(=O)O)c(C(F)(F)F)c1Br. The van der Waals surface area contributed by atoms with Crippen LogP contribution in [-0.4, -0.2) is 11.1 Å². The van der Waals surface area contributed by atoms with Gasteiger partial charge in [-0.25, -0.2) is 4.79 Å². The van der Waals surface area contributed by atoms with E-state index in [9.17, 15) is 18.0 Å². The van der Waals surface area contributed by atoms with Crippen molar-refractivity contribution in [2.45, 2.75) is 6.18 Å². The Labute approximate surface area is 96.2 Å². The lowest BCUT2D eigenvalue weighted by Crippen LogP contribution is -2.14. The molecule has 0 atom stereocenters. The van der Waals surface area contributed by atoms with Gasteiger partial charge in [0.25, 0.3) is 0 Å². The Morgan fingerprint density at radius 1 is 1.44 bits per heavy atom. The van der Waals surface area contributed by atoms with Gasteiger partial charge in [0.2, 0.25) is 0 Å². The maximum atomic E-state index is 12.6. The number of hydrogen-bond acceptors (Lipinski definition) is 2. The van der Waals surface area contributed by atoms with E-state index in [4.69, 9.17) is 10.4 Å². The molecule has 0 heterocycles. The molecule has 3 nitrogen and oxygen atoms in total. The number of alkyl halides is 3. The maximum Gasteiger partial charge on any atom is 0.418 e. The third kappa shape index (κ3) is 2.17. The molecule has 84 valence electrons. The Hall–Kier alpha value is -1.55. The third-order valence-corrected chi connectivity index (χ3v) is 2.60. The van der Waals surface area contributed by atoms with E-state index in [1.165, 1.54) is 6.07 Å². The number of nitrogens with zero attached hydrogens (tertiary/aromatic N) is 1. The molecule has 0 fully saturated rings. The number of carboxylic acid groups (broad SMARTS) is 1. The van der Waals surface area contributed by atoms with Gasteiger partial charge in [-0.3, -0.25) is 0 Å². The fraction of sp³-hybridized carbons (Fsp3) is 0.111. The van der Waals surface area contributed by atoms with Crippen LogP contribution in [0.1, 0.15) is 21.5 Å². The van der Waals surface area contributed by atoms with Crippen LogP contribution in [0, 0.1) is 11.3 Å². The molecule has 0 radical (unpaired) electrons. The van der Waals surface area contributed by atoms with Gasteiger partial charge in [-0.2, -0.15) is 18.4 Å². The van der Waals surface area contributed by atoms with Gasteiger partial charge in [0.05, 0.1) is 16.7 Å². The molecule has 0 bridgehead atoms. The van der Waals surface area contributed by atoms with Gasteiger partial charge in [-0.15, -0.1) is 0 Å². The largest absolute Gasteiger partial charge is 0.478 e. The Morgan fingerprint density at radius 2 is 2.00 bits per heavy atom. The van der Waals surface area contributed by atoms with E-state index in [0.717, 1.165) is 12.1 Å². The molecule has 1 rings (SSSR count). The van der Waals surface area contributed by atoms with E-state index in [-0.39, 0.29) is 5.56 Å². The molecule has 0 aliphatic heterocycles. The minimum atomic E-state index is -4.83. The number of nitriles is 1. The number of carbonyl (C=O) groups is 1. The molecule has 0 saturated heterocycles. The summed E-state index contributed by atoms with van der Waals surface area (Å²) in [5, 5.41) is 17.2. The highest BCUT2D eigenvalue weighted by molar-refractivity contribution is 9.10. The van der Waals surface area contributed by atoms with E-state index in [2.05, 4.69) is 15.9 Å². The monoisotopic (exact) mass is 293 g/mol. The summed E-state index contributed by atoms with van der Waals surface area (Å²) in [6.45, 7) is 0. The highest BCUT2D eigenvalue weighted by atomic mass is 79.9. The topological polar surface area (TPSA) is 61.1 Å².